The molecule has 0 aliphatic heterocycles. The van der Waals surface area contributed by atoms with Crippen LogP contribution in [-0.2, 0) is 23.9 Å². The summed E-state index contributed by atoms with van der Waals surface area (Å²) in [7, 11) is 1.72. The molecule has 1 unspecified atom stereocenters. The van der Waals surface area contributed by atoms with Crippen molar-refractivity contribution in [3.63, 3.8) is 0 Å². The van der Waals surface area contributed by atoms with E-state index in [0.717, 1.165) is 34.3 Å². The maximum Gasteiger partial charge on any atom is 0.274 e. The Labute approximate surface area is 153 Å². The zero-order chi connectivity index (χ0) is 18.3. The molecule has 2 heterocycles. The maximum atomic E-state index is 12.3. The van der Waals surface area contributed by atoms with E-state index in [1.807, 2.05) is 30.5 Å². The third kappa shape index (κ3) is 3.32. The molecular formula is C19H20N3O3S-. The fourth-order valence-corrected chi connectivity index (χ4v) is 3.71. The van der Waals surface area contributed by atoms with Gasteiger partial charge >= 0.3 is 0 Å². The third-order valence-electron chi connectivity index (χ3n) is 4.83. The van der Waals surface area contributed by atoms with Gasteiger partial charge in [-0.1, -0.05) is 17.1 Å². The minimum absolute atomic E-state index is 0.0298. The molecule has 1 fully saturated rings. The largest absolute Gasteiger partial charge is 0.772 e. The lowest BCUT2D eigenvalue weighted by Crippen LogP contribution is -2.16. The summed E-state index contributed by atoms with van der Waals surface area (Å²) in [5.74, 6) is 0.682. The van der Waals surface area contributed by atoms with E-state index in [1.165, 1.54) is 12.8 Å². The van der Waals surface area contributed by atoms with Crippen LogP contribution >= 0.6 is 0 Å². The van der Waals surface area contributed by atoms with Crippen molar-refractivity contribution in [1.29, 1.82) is 0 Å². The van der Waals surface area contributed by atoms with Crippen LogP contribution in [0.25, 0.3) is 22.0 Å². The summed E-state index contributed by atoms with van der Waals surface area (Å²) in [6, 6.07) is 7.56. The number of aromatic nitrogens is 2. The topological polar surface area (TPSA) is 89.9 Å². The number of nitrogens with one attached hydrogen (secondary N) is 2. The second-order valence-corrected chi connectivity index (χ2v) is 7.77. The van der Waals surface area contributed by atoms with Crippen molar-refractivity contribution < 1.29 is 8.76 Å². The number of pyridine rings is 1. The van der Waals surface area contributed by atoms with Gasteiger partial charge in [-0.3, -0.25) is 9.00 Å². The SMILES string of the molecule is Cn1cc(-c2cc(CS(=O)[O-])ccc2NCC2CC2)c2cc[nH]c2c1=O. The van der Waals surface area contributed by atoms with Gasteiger partial charge in [-0.05, 0) is 42.5 Å². The summed E-state index contributed by atoms with van der Waals surface area (Å²) < 4.78 is 23.8. The summed E-state index contributed by atoms with van der Waals surface area (Å²) in [6.45, 7) is 0.905. The van der Waals surface area contributed by atoms with Crippen LogP contribution < -0.4 is 10.9 Å². The fraction of sp³-hybridized carbons (Fsp3) is 0.316. The van der Waals surface area contributed by atoms with Gasteiger partial charge in [0.25, 0.3) is 5.56 Å². The van der Waals surface area contributed by atoms with Crippen LogP contribution in [0.3, 0.4) is 0 Å². The Morgan fingerprint density at radius 1 is 1.31 bits per heavy atom. The quantitative estimate of drug-likeness (QED) is 0.653. The van der Waals surface area contributed by atoms with Crippen molar-refractivity contribution in [3.8, 4) is 11.1 Å². The molecule has 1 aromatic carbocycles. The number of benzene rings is 1. The second kappa shape index (κ2) is 6.74. The first-order valence-corrected chi connectivity index (χ1v) is 9.87. The van der Waals surface area contributed by atoms with Gasteiger partial charge in [0.15, 0.2) is 0 Å². The van der Waals surface area contributed by atoms with Crippen LogP contribution in [0.15, 0.2) is 41.5 Å². The molecule has 0 bridgehead atoms. The minimum atomic E-state index is -2.15. The van der Waals surface area contributed by atoms with E-state index in [-0.39, 0.29) is 11.3 Å². The number of hydrogen-bond donors (Lipinski definition) is 2. The first kappa shape index (κ1) is 17.1. The molecule has 1 aliphatic rings. The van der Waals surface area contributed by atoms with E-state index in [2.05, 4.69) is 10.3 Å². The molecule has 0 amide bonds. The van der Waals surface area contributed by atoms with Gasteiger partial charge in [-0.2, -0.15) is 0 Å². The van der Waals surface area contributed by atoms with E-state index in [0.29, 0.717) is 11.4 Å². The predicted molar refractivity (Wildman–Crippen MR) is 103 cm³/mol. The van der Waals surface area contributed by atoms with E-state index < -0.39 is 11.1 Å². The van der Waals surface area contributed by atoms with Gasteiger partial charge in [-0.25, -0.2) is 0 Å². The number of anilines is 1. The minimum Gasteiger partial charge on any atom is -0.772 e. The van der Waals surface area contributed by atoms with Crippen molar-refractivity contribution in [2.24, 2.45) is 13.0 Å². The molecule has 2 aromatic heterocycles. The summed E-state index contributed by atoms with van der Waals surface area (Å²) in [6.07, 6.45) is 6.06. The predicted octanol–water partition coefficient (Wildman–Crippen LogP) is 2.73. The molecular weight excluding hydrogens is 350 g/mol. The molecule has 0 spiro atoms. The highest BCUT2D eigenvalue weighted by Crippen LogP contribution is 2.35. The number of H-pyrrole nitrogens is 1. The molecule has 2 N–H and O–H groups in total. The second-order valence-electron chi connectivity index (χ2n) is 6.88. The summed E-state index contributed by atoms with van der Waals surface area (Å²) >= 11 is -2.15. The van der Waals surface area contributed by atoms with Crippen molar-refractivity contribution in [2.45, 2.75) is 18.6 Å². The highest BCUT2D eigenvalue weighted by Gasteiger charge is 2.21. The smallest absolute Gasteiger partial charge is 0.274 e. The van der Waals surface area contributed by atoms with Gasteiger partial charge < -0.3 is 19.4 Å². The Morgan fingerprint density at radius 2 is 2.12 bits per heavy atom. The fourth-order valence-electron chi connectivity index (χ4n) is 3.25. The van der Waals surface area contributed by atoms with Crippen LogP contribution in [0.1, 0.15) is 18.4 Å². The van der Waals surface area contributed by atoms with Gasteiger partial charge in [0, 0.05) is 53.9 Å². The van der Waals surface area contributed by atoms with Crippen molar-refractivity contribution in [2.75, 3.05) is 11.9 Å². The monoisotopic (exact) mass is 370 g/mol. The van der Waals surface area contributed by atoms with Crippen LogP contribution in [0.4, 0.5) is 5.69 Å². The molecule has 3 aromatic rings. The molecule has 136 valence electrons. The van der Waals surface area contributed by atoms with E-state index in [4.69, 9.17) is 0 Å². The molecule has 0 saturated heterocycles. The standard InChI is InChI=1S/C19H21N3O3S/c1-22-10-16(14-6-7-20-18(14)19(22)23)15-8-13(11-26(24)25)4-5-17(15)21-9-12-2-3-12/h4-8,10,12,20-21H,2-3,9,11H2,1H3,(H,24,25)/p-1. The van der Waals surface area contributed by atoms with Crippen LogP contribution in [0.5, 0.6) is 0 Å². The molecule has 1 saturated carbocycles. The van der Waals surface area contributed by atoms with Crippen LogP contribution in [0.2, 0.25) is 0 Å². The molecule has 6 nitrogen and oxygen atoms in total. The molecule has 1 aliphatic carbocycles. The Morgan fingerprint density at radius 3 is 2.85 bits per heavy atom. The average molecular weight is 370 g/mol. The van der Waals surface area contributed by atoms with Gasteiger partial charge in [0.1, 0.15) is 5.52 Å². The first-order chi connectivity index (χ1) is 12.5. The highest BCUT2D eigenvalue weighted by molar-refractivity contribution is 7.78. The van der Waals surface area contributed by atoms with E-state index in [9.17, 15) is 13.6 Å². The Bertz CT molecular complexity index is 1050. The zero-order valence-corrected chi connectivity index (χ0v) is 15.3. The summed E-state index contributed by atoms with van der Waals surface area (Å²) in [4.78, 5) is 15.3. The van der Waals surface area contributed by atoms with Crippen LogP contribution in [-0.4, -0.2) is 24.9 Å². The number of aromatic amines is 1. The van der Waals surface area contributed by atoms with Crippen molar-refractivity contribution in [1.82, 2.24) is 9.55 Å². The first-order valence-electron chi connectivity index (χ1n) is 8.62. The van der Waals surface area contributed by atoms with Gasteiger partial charge in [0.2, 0.25) is 0 Å². The van der Waals surface area contributed by atoms with Crippen LogP contribution in [0, 0.1) is 5.92 Å². The number of nitrogens with zero attached hydrogens (tertiary/aromatic N) is 1. The molecule has 1 atom stereocenters. The summed E-state index contributed by atoms with van der Waals surface area (Å²) in [5, 5.41) is 4.33. The molecule has 7 heteroatoms. The van der Waals surface area contributed by atoms with Crippen molar-refractivity contribution >= 4 is 27.7 Å². The number of aryl methyl sites for hydroxylation is 1. The normalized spacial score (nSPS) is 15.3. The number of hydrogen-bond acceptors (Lipinski definition) is 4. The lowest BCUT2D eigenvalue weighted by Gasteiger charge is -2.16. The molecule has 4 rings (SSSR count). The lowest BCUT2D eigenvalue weighted by molar-refractivity contribution is 0.536. The van der Waals surface area contributed by atoms with Crippen molar-refractivity contribution in [3.05, 3.63) is 52.6 Å². The van der Waals surface area contributed by atoms with E-state index in [1.54, 1.807) is 17.8 Å². The highest BCUT2D eigenvalue weighted by atomic mass is 32.2. The third-order valence-corrected chi connectivity index (χ3v) is 5.40. The molecule has 26 heavy (non-hydrogen) atoms. The number of fused-ring (bicyclic) bond motifs is 1. The summed E-state index contributed by atoms with van der Waals surface area (Å²) in [5.41, 5.74) is 3.96. The number of rotatable bonds is 6. The lowest BCUT2D eigenvalue weighted by atomic mass is 9.99. The average Bonchev–Trinajstić information content (AvgIpc) is 3.30. The Kier molecular flexibility index (Phi) is 4.42. The van der Waals surface area contributed by atoms with Gasteiger partial charge in [-0.15, -0.1) is 0 Å². The van der Waals surface area contributed by atoms with E-state index >= 15 is 0 Å². The Hall–Kier alpha value is -2.38. The van der Waals surface area contributed by atoms with Gasteiger partial charge in [0.05, 0.1) is 0 Å². The zero-order valence-electron chi connectivity index (χ0n) is 14.5. The Balaban J connectivity index is 1.87. The maximum absolute atomic E-state index is 12.3. The molecule has 0 radical (unpaired) electrons.